The molecular formula is C25H42O3. The van der Waals surface area contributed by atoms with Crippen LogP contribution in [0.5, 0.6) is 0 Å². The molecule has 0 saturated heterocycles. The molecule has 0 spiro atoms. The minimum atomic E-state index is -1.49. The Kier molecular flexibility index (Phi) is 5.29. The first-order valence-electron chi connectivity index (χ1n) is 11.9. The highest BCUT2D eigenvalue weighted by atomic mass is 16.5. The van der Waals surface area contributed by atoms with Crippen molar-refractivity contribution < 1.29 is 15.3 Å². The Bertz CT molecular complexity index is 623. The van der Waals surface area contributed by atoms with Gasteiger partial charge in [0.2, 0.25) is 0 Å². The third-order valence-corrected chi connectivity index (χ3v) is 9.94. The van der Waals surface area contributed by atoms with Gasteiger partial charge in [-0.15, -0.1) is 0 Å². The van der Waals surface area contributed by atoms with Gasteiger partial charge >= 0.3 is 0 Å². The van der Waals surface area contributed by atoms with E-state index in [1.807, 2.05) is 6.92 Å². The molecule has 0 aromatic rings. The summed E-state index contributed by atoms with van der Waals surface area (Å²) in [6.07, 6.45) is 12.7. The van der Waals surface area contributed by atoms with Crippen LogP contribution in [0.3, 0.4) is 0 Å². The van der Waals surface area contributed by atoms with E-state index < -0.39 is 5.79 Å². The summed E-state index contributed by atoms with van der Waals surface area (Å²) in [5.74, 6) is 2.31. The lowest BCUT2D eigenvalue weighted by atomic mass is 9.46. The van der Waals surface area contributed by atoms with Gasteiger partial charge < -0.3 is 15.3 Å². The fourth-order valence-electron chi connectivity index (χ4n) is 8.31. The van der Waals surface area contributed by atoms with E-state index in [1.54, 1.807) is 0 Å². The van der Waals surface area contributed by atoms with Gasteiger partial charge in [-0.25, -0.2) is 0 Å². The lowest BCUT2D eigenvalue weighted by Gasteiger charge is -2.59. The standard InChI is InChI=1S/C25H42O3/c1-16(5-6-17(2)26)20-9-10-21-19-8-7-18-15-25(27,28)14-13-23(18,3)22(19)11-12-24(20,21)4/h7,16-17,19-22,26-28H,5-6,8-15H2,1-4H3/t16-,17+,19+,20-,21+,22+,23+,24-/m1/s1. The number of hydrogen-bond acceptors (Lipinski definition) is 3. The zero-order valence-corrected chi connectivity index (χ0v) is 18.5. The Morgan fingerprint density at radius 3 is 2.46 bits per heavy atom. The quantitative estimate of drug-likeness (QED) is 0.465. The smallest absolute Gasteiger partial charge is 0.166 e. The SMILES string of the molecule is C[C@H](O)CC[C@@H](C)[C@H]1CC[C@H]2[C@@H]3CC=C4CC(O)(O)CC[C@]4(C)[C@H]3CC[C@]12C. The molecule has 160 valence electrons. The molecule has 28 heavy (non-hydrogen) atoms. The van der Waals surface area contributed by atoms with Gasteiger partial charge in [0.25, 0.3) is 0 Å². The highest BCUT2D eigenvalue weighted by molar-refractivity contribution is 5.26. The monoisotopic (exact) mass is 390 g/mol. The normalized spacial score (nSPS) is 46.8. The number of hydrogen-bond donors (Lipinski definition) is 3. The third kappa shape index (κ3) is 3.30. The molecule has 0 aliphatic heterocycles. The van der Waals surface area contributed by atoms with Crippen molar-refractivity contribution in [1.29, 1.82) is 0 Å². The molecule has 0 heterocycles. The molecule has 3 N–H and O–H groups in total. The molecule has 3 heteroatoms. The van der Waals surface area contributed by atoms with Crippen LogP contribution >= 0.6 is 0 Å². The fourth-order valence-corrected chi connectivity index (χ4v) is 8.31. The highest BCUT2D eigenvalue weighted by Crippen LogP contribution is 2.67. The Hall–Kier alpha value is -0.380. The largest absolute Gasteiger partial charge is 0.393 e. The molecule has 0 unspecified atom stereocenters. The molecule has 0 aromatic heterocycles. The summed E-state index contributed by atoms with van der Waals surface area (Å²) < 4.78 is 0. The molecule has 0 bridgehead atoms. The number of aliphatic hydroxyl groups is 3. The average Bonchev–Trinajstić information content (AvgIpc) is 2.97. The van der Waals surface area contributed by atoms with Crippen LogP contribution < -0.4 is 0 Å². The van der Waals surface area contributed by atoms with Crippen LogP contribution in [-0.2, 0) is 0 Å². The van der Waals surface area contributed by atoms with Gasteiger partial charge in [0.15, 0.2) is 5.79 Å². The minimum absolute atomic E-state index is 0.176. The van der Waals surface area contributed by atoms with Crippen LogP contribution in [0.15, 0.2) is 11.6 Å². The van der Waals surface area contributed by atoms with E-state index in [0.29, 0.717) is 30.1 Å². The zero-order valence-electron chi connectivity index (χ0n) is 18.5. The number of fused-ring (bicyclic) bond motifs is 5. The maximum absolute atomic E-state index is 10.2. The van der Waals surface area contributed by atoms with Crippen LogP contribution in [0, 0.1) is 40.4 Å². The van der Waals surface area contributed by atoms with Crippen molar-refractivity contribution in [3.05, 3.63) is 11.6 Å². The number of rotatable bonds is 4. The van der Waals surface area contributed by atoms with E-state index >= 15 is 0 Å². The van der Waals surface area contributed by atoms with Crippen molar-refractivity contribution in [2.75, 3.05) is 0 Å². The summed E-state index contributed by atoms with van der Waals surface area (Å²) in [6.45, 7) is 9.35. The molecule has 4 rings (SSSR count). The maximum Gasteiger partial charge on any atom is 0.166 e. The van der Waals surface area contributed by atoms with Gasteiger partial charge in [-0.2, -0.15) is 0 Å². The second-order valence-corrected chi connectivity index (χ2v) is 11.6. The van der Waals surface area contributed by atoms with Gasteiger partial charge in [0.1, 0.15) is 0 Å². The van der Waals surface area contributed by atoms with Gasteiger partial charge in [-0.05, 0) is 98.7 Å². The number of aliphatic hydroxyl groups excluding tert-OH is 1. The lowest BCUT2D eigenvalue weighted by Crippen LogP contribution is -2.52. The van der Waals surface area contributed by atoms with Gasteiger partial charge in [0.05, 0.1) is 6.10 Å². The first-order chi connectivity index (χ1) is 13.1. The van der Waals surface area contributed by atoms with E-state index in [-0.39, 0.29) is 11.5 Å². The van der Waals surface area contributed by atoms with E-state index in [4.69, 9.17) is 0 Å². The van der Waals surface area contributed by atoms with Gasteiger partial charge in [0, 0.05) is 12.8 Å². The molecule has 8 atom stereocenters. The summed E-state index contributed by atoms with van der Waals surface area (Å²) in [6, 6.07) is 0. The van der Waals surface area contributed by atoms with Gasteiger partial charge in [-0.1, -0.05) is 32.4 Å². The topological polar surface area (TPSA) is 60.7 Å². The third-order valence-electron chi connectivity index (χ3n) is 9.94. The van der Waals surface area contributed by atoms with Crippen LogP contribution in [0.2, 0.25) is 0 Å². The van der Waals surface area contributed by atoms with Crippen molar-refractivity contribution >= 4 is 0 Å². The predicted molar refractivity (Wildman–Crippen MR) is 112 cm³/mol. The minimum Gasteiger partial charge on any atom is -0.393 e. The molecule has 0 radical (unpaired) electrons. The first kappa shape index (κ1) is 20.9. The molecule has 4 aliphatic carbocycles. The zero-order chi connectivity index (χ0) is 20.3. The lowest BCUT2D eigenvalue weighted by molar-refractivity contribution is -0.189. The second-order valence-electron chi connectivity index (χ2n) is 11.6. The van der Waals surface area contributed by atoms with Crippen molar-refractivity contribution in [2.24, 2.45) is 40.4 Å². The summed E-state index contributed by atoms with van der Waals surface area (Å²) in [7, 11) is 0. The Morgan fingerprint density at radius 2 is 1.75 bits per heavy atom. The summed E-state index contributed by atoms with van der Waals surface area (Å²) >= 11 is 0. The predicted octanol–water partition coefficient (Wildman–Crippen LogP) is 5.04. The molecule has 3 saturated carbocycles. The van der Waals surface area contributed by atoms with E-state index in [0.717, 1.165) is 43.4 Å². The van der Waals surface area contributed by atoms with Crippen molar-refractivity contribution in [3.63, 3.8) is 0 Å². The van der Waals surface area contributed by atoms with E-state index in [2.05, 4.69) is 26.8 Å². The Labute approximate surface area is 171 Å². The van der Waals surface area contributed by atoms with Crippen LogP contribution in [0.4, 0.5) is 0 Å². The Balaban J connectivity index is 1.54. The second kappa shape index (κ2) is 7.10. The molecule has 0 aromatic carbocycles. The van der Waals surface area contributed by atoms with Crippen LogP contribution in [0.25, 0.3) is 0 Å². The van der Waals surface area contributed by atoms with Crippen molar-refractivity contribution in [3.8, 4) is 0 Å². The van der Waals surface area contributed by atoms with Crippen LogP contribution in [0.1, 0.15) is 91.9 Å². The van der Waals surface area contributed by atoms with Crippen molar-refractivity contribution in [1.82, 2.24) is 0 Å². The first-order valence-corrected chi connectivity index (χ1v) is 11.9. The van der Waals surface area contributed by atoms with Gasteiger partial charge in [-0.3, -0.25) is 0 Å². The number of allylic oxidation sites excluding steroid dienone is 1. The summed E-state index contributed by atoms with van der Waals surface area (Å²) in [5, 5.41) is 30.1. The highest BCUT2D eigenvalue weighted by Gasteiger charge is 2.59. The van der Waals surface area contributed by atoms with E-state index in [9.17, 15) is 15.3 Å². The molecule has 3 fully saturated rings. The molecular weight excluding hydrogens is 348 g/mol. The average molecular weight is 391 g/mol. The maximum atomic E-state index is 10.2. The van der Waals surface area contributed by atoms with Crippen LogP contribution in [-0.4, -0.2) is 27.2 Å². The molecule has 3 nitrogen and oxygen atoms in total. The summed E-state index contributed by atoms with van der Waals surface area (Å²) in [5.41, 5.74) is 1.95. The Morgan fingerprint density at radius 1 is 1.00 bits per heavy atom. The molecule has 0 amide bonds. The van der Waals surface area contributed by atoms with E-state index in [1.165, 1.54) is 31.3 Å². The fraction of sp³-hybridized carbons (Fsp3) is 0.920. The molecule has 4 aliphatic rings. The van der Waals surface area contributed by atoms with Crippen molar-refractivity contribution in [2.45, 2.75) is 104 Å². The summed E-state index contributed by atoms with van der Waals surface area (Å²) in [4.78, 5) is 0.